The zero-order valence-corrected chi connectivity index (χ0v) is 19.8. The Labute approximate surface area is 204 Å². The Morgan fingerprint density at radius 1 is 0.943 bits per heavy atom. The zero-order chi connectivity index (χ0) is 24.6. The van der Waals surface area contributed by atoms with Gasteiger partial charge in [-0.3, -0.25) is 0 Å². The Morgan fingerprint density at radius 3 is 2.51 bits per heavy atom. The fourth-order valence-corrected chi connectivity index (χ4v) is 3.80. The lowest BCUT2D eigenvalue weighted by Gasteiger charge is -2.18. The maximum Gasteiger partial charge on any atom is 0.343 e. The number of nitrogens with one attached hydrogen (secondary N) is 1. The van der Waals surface area contributed by atoms with Gasteiger partial charge in [0.2, 0.25) is 0 Å². The molecule has 1 atom stereocenters. The van der Waals surface area contributed by atoms with Crippen LogP contribution in [0.2, 0.25) is 0 Å². The summed E-state index contributed by atoms with van der Waals surface area (Å²) in [6.07, 6.45) is 0. The van der Waals surface area contributed by atoms with Gasteiger partial charge in [0.25, 0.3) is 0 Å². The highest BCUT2D eigenvalue weighted by atomic mass is 19.1. The molecule has 1 N–H and O–H groups in total. The smallest absolute Gasteiger partial charge is 0.343 e. The van der Waals surface area contributed by atoms with E-state index in [2.05, 4.69) is 5.32 Å². The van der Waals surface area contributed by atoms with Gasteiger partial charge in [-0.15, -0.1) is 0 Å². The third-order valence-electron chi connectivity index (χ3n) is 5.73. The van der Waals surface area contributed by atoms with E-state index in [0.717, 1.165) is 16.7 Å². The molecule has 35 heavy (non-hydrogen) atoms. The number of carbonyl (C=O) groups excluding carboxylic acids is 1. The van der Waals surface area contributed by atoms with Crippen molar-refractivity contribution in [2.45, 2.75) is 19.5 Å². The van der Waals surface area contributed by atoms with Crippen molar-refractivity contribution in [1.82, 2.24) is 5.32 Å². The van der Waals surface area contributed by atoms with Gasteiger partial charge < -0.3 is 19.5 Å². The van der Waals surface area contributed by atoms with Crippen molar-refractivity contribution >= 4 is 16.7 Å². The molecule has 4 aromatic rings. The molecule has 4 rings (SSSR count). The predicted octanol–water partition coefficient (Wildman–Crippen LogP) is 6.07. The van der Waals surface area contributed by atoms with E-state index in [9.17, 15) is 4.79 Å². The van der Waals surface area contributed by atoms with E-state index in [1.807, 2.05) is 49.4 Å². The molecule has 4 aromatic carbocycles. The van der Waals surface area contributed by atoms with Crippen LogP contribution in [0.4, 0.5) is 4.39 Å². The van der Waals surface area contributed by atoms with Gasteiger partial charge >= 0.3 is 5.97 Å². The van der Waals surface area contributed by atoms with Gasteiger partial charge in [-0.25, -0.2) is 9.18 Å². The monoisotopic (exact) mass is 473 g/mol. The molecule has 0 spiro atoms. The largest absolute Gasteiger partial charge is 0.491 e. The van der Waals surface area contributed by atoms with Crippen molar-refractivity contribution in [3.63, 3.8) is 0 Å². The lowest BCUT2D eigenvalue weighted by Crippen LogP contribution is -2.19. The number of esters is 1. The lowest BCUT2D eigenvalue weighted by molar-refractivity contribution is 0.0730. The molecular weight excluding hydrogens is 445 g/mol. The van der Waals surface area contributed by atoms with Gasteiger partial charge in [0.1, 0.15) is 12.4 Å². The second-order valence-corrected chi connectivity index (χ2v) is 8.17. The molecule has 5 nitrogen and oxygen atoms in total. The van der Waals surface area contributed by atoms with Crippen LogP contribution in [-0.4, -0.2) is 26.3 Å². The Kier molecular flexibility index (Phi) is 8.08. The molecule has 1 unspecified atom stereocenters. The van der Waals surface area contributed by atoms with Crippen LogP contribution in [0.5, 0.6) is 11.5 Å². The summed E-state index contributed by atoms with van der Waals surface area (Å²) in [5.74, 6) is -0.460. The number of methoxy groups -OCH3 is 1. The summed E-state index contributed by atoms with van der Waals surface area (Å²) >= 11 is 0. The minimum Gasteiger partial charge on any atom is -0.491 e. The number of hydrogen-bond acceptors (Lipinski definition) is 5. The Balaban J connectivity index is 1.54. The van der Waals surface area contributed by atoms with Crippen molar-refractivity contribution in [3.05, 3.63) is 107 Å². The second-order valence-electron chi connectivity index (χ2n) is 8.17. The highest BCUT2D eigenvalue weighted by Crippen LogP contribution is 2.33. The van der Waals surface area contributed by atoms with E-state index < -0.39 is 11.8 Å². The average molecular weight is 474 g/mol. The predicted molar refractivity (Wildman–Crippen MR) is 134 cm³/mol. The van der Waals surface area contributed by atoms with E-state index in [4.69, 9.17) is 14.2 Å². The maximum atomic E-state index is 15.6. The van der Waals surface area contributed by atoms with Crippen molar-refractivity contribution in [3.8, 4) is 11.5 Å². The fraction of sp³-hybridized carbons (Fsp3) is 0.207. The van der Waals surface area contributed by atoms with Crippen LogP contribution in [0.3, 0.4) is 0 Å². The minimum absolute atomic E-state index is 0.0602. The summed E-state index contributed by atoms with van der Waals surface area (Å²) in [5.41, 5.74) is 1.79. The number of hydrogen-bond donors (Lipinski definition) is 1. The van der Waals surface area contributed by atoms with E-state index in [1.54, 1.807) is 49.6 Å². The molecule has 0 aromatic heterocycles. The second kappa shape index (κ2) is 11.6. The zero-order valence-electron chi connectivity index (χ0n) is 19.8. The van der Waals surface area contributed by atoms with Gasteiger partial charge in [0.15, 0.2) is 11.6 Å². The number of halogens is 1. The van der Waals surface area contributed by atoms with Crippen LogP contribution >= 0.6 is 0 Å². The Morgan fingerprint density at radius 2 is 1.71 bits per heavy atom. The SMILES string of the molecule is COCCOc1cccc(C(C)NCc2cc3ccccc3c(OC(=O)c3ccccc3)c2F)c1. The molecule has 0 aliphatic carbocycles. The third kappa shape index (κ3) is 6.04. The van der Waals surface area contributed by atoms with E-state index >= 15 is 4.39 Å². The summed E-state index contributed by atoms with van der Waals surface area (Å²) in [4.78, 5) is 12.7. The molecule has 0 aliphatic heterocycles. The topological polar surface area (TPSA) is 56.8 Å². The number of fused-ring (bicyclic) bond motifs is 1. The van der Waals surface area contributed by atoms with E-state index in [-0.39, 0.29) is 18.3 Å². The molecule has 0 radical (unpaired) electrons. The molecule has 0 aliphatic rings. The Hall–Kier alpha value is -3.74. The minimum atomic E-state index is -0.599. The average Bonchev–Trinajstić information content (AvgIpc) is 2.90. The number of carbonyl (C=O) groups is 1. The lowest BCUT2D eigenvalue weighted by atomic mass is 10.0. The third-order valence-corrected chi connectivity index (χ3v) is 5.73. The molecule has 0 bridgehead atoms. The first-order valence-electron chi connectivity index (χ1n) is 11.5. The van der Waals surface area contributed by atoms with Crippen LogP contribution in [-0.2, 0) is 11.3 Å². The molecule has 6 heteroatoms. The van der Waals surface area contributed by atoms with Crippen LogP contribution in [0.15, 0.2) is 84.9 Å². The van der Waals surface area contributed by atoms with Crippen LogP contribution < -0.4 is 14.8 Å². The molecule has 0 heterocycles. The highest BCUT2D eigenvalue weighted by molar-refractivity contribution is 5.96. The Bertz CT molecular complexity index is 1290. The van der Waals surface area contributed by atoms with Crippen LogP contribution in [0.25, 0.3) is 10.8 Å². The van der Waals surface area contributed by atoms with Crippen molar-refractivity contribution in [2.24, 2.45) is 0 Å². The summed E-state index contributed by atoms with van der Waals surface area (Å²) in [6.45, 7) is 3.23. The summed E-state index contributed by atoms with van der Waals surface area (Å²) < 4.78 is 31.9. The molecule has 0 fully saturated rings. The molecule has 0 saturated heterocycles. The summed E-state index contributed by atoms with van der Waals surface area (Å²) in [5, 5.41) is 4.71. The quantitative estimate of drug-likeness (QED) is 0.172. The standard InChI is InChI=1S/C29H28FNO4/c1-20(22-12-8-13-25(18-22)34-16-15-33-2)31-19-24-17-23-11-6-7-14-26(23)28(27(24)30)35-29(32)21-9-4-3-5-10-21/h3-14,17-18,20,31H,15-16,19H2,1-2H3. The van der Waals surface area contributed by atoms with Gasteiger partial charge in [0.05, 0.1) is 12.2 Å². The summed E-state index contributed by atoms with van der Waals surface area (Å²) in [6, 6.07) is 25.3. The van der Waals surface area contributed by atoms with E-state index in [0.29, 0.717) is 29.7 Å². The first-order chi connectivity index (χ1) is 17.1. The first-order valence-corrected chi connectivity index (χ1v) is 11.5. The van der Waals surface area contributed by atoms with Crippen molar-refractivity contribution in [2.75, 3.05) is 20.3 Å². The normalized spacial score (nSPS) is 11.9. The number of rotatable bonds is 10. The van der Waals surface area contributed by atoms with Gasteiger partial charge in [0, 0.05) is 30.6 Å². The van der Waals surface area contributed by atoms with Gasteiger partial charge in [-0.1, -0.05) is 54.6 Å². The molecule has 180 valence electrons. The van der Waals surface area contributed by atoms with Crippen LogP contribution in [0, 0.1) is 5.82 Å². The number of benzene rings is 4. The van der Waals surface area contributed by atoms with Gasteiger partial charge in [-0.2, -0.15) is 0 Å². The highest BCUT2D eigenvalue weighted by Gasteiger charge is 2.19. The molecule has 0 saturated carbocycles. The summed E-state index contributed by atoms with van der Waals surface area (Å²) in [7, 11) is 1.63. The van der Waals surface area contributed by atoms with E-state index in [1.165, 1.54) is 0 Å². The molecule has 0 amide bonds. The maximum absolute atomic E-state index is 15.6. The van der Waals surface area contributed by atoms with Gasteiger partial charge in [-0.05, 0) is 48.2 Å². The van der Waals surface area contributed by atoms with Crippen molar-refractivity contribution in [1.29, 1.82) is 0 Å². The van der Waals surface area contributed by atoms with Crippen LogP contribution in [0.1, 0.15) is 34.5 Å². The van der Waals surface area contributed by atoms with Crippen molar-refractivity contribution < 1.29 is 23.4 Å². The number of ether oxygens (including phenoxy) is 3. The molecular formula is C29H28FNO4. The fourth-order valence-electron chi connectivity index (χ4n) is 3.80. The first kappa shape index (κ1) is 24.4.